The lowest BCUT2D eigenvalue weighted by atomic mass is 10.1. The van der Waals surface area contributed by atoms with Gasteiger partial charge in [-0.1, -0.05) is 36.9 Å². The van der Waals surface area contributed by atoms with Crippen molar-refractivity contribution >= 4 is 29.4 Å². The summed E-state index contributed by atoms with van der Waals surface area (Å²) in [6, 6.07) is 9.59. The number of carbonyl (C=O) groups is 2. The molecule has 2 aromatic heterocycles. The van der Waals surface area contributed by atoms with Crippen molar-refractivity contribution < 1.29 is 9.59 Å². The summed E-state index contributed by atoms with van der Waals surface area (Å²) in [5.74, 6) is 0.845. The maximum Gasteiger partial charge on any atom is 0.326 e. The molecule has 180 valence electrons. The van der Waals surface area contributed by atoms with Crippen molar-refractivity contribution in [3.8, 4) is 0 Å². The normalized spacial score (nSPS) is 17.5. The summed E-state index contributed by atoms with van der Waals surface area (Å²) in [6.45, 7) is 7.39. The molecule has 0 spiro atoms. The largest absolute Gasteiger partial charge is 0.337 e. The zero-order chi connectivity index (χ0) is 24.5. The van der Waals surface area contributed by atoms with Crippen molar-refractivity contribution in [2.24, 2.45) is 7.05 Å². The van der Waals surface area contributed by atoms with E-state index >= 15 is 0 Å². The van der Waals surface area contributed by atoms with Gasteiger partial charge in [-0.3, -0.25) is 14.4 Å². The van der Waals surface area contributed by atoms with Gasteiger partial charge in [0, 0.05) is 44.6 Å². The van der Waals surface area contributed by atoms with Gasteiger partial charge in [-0.05, 0) is 25.0 Å². The van der Waals surface area contributed by atoms with E-state index in [2.05, 4.69) is 22.0 Å². The zero-order valence-electron chi connectivity index (χ0n) is 19.9. The molecule has 1 unspecified atom stereocenters. The first kappa shape index (κ1) is 22.6. The van der Waals surface area contributed by atoms with Crippen molar-refractivity contribution in [1.82, 2.24) is 29.5 Å². The van der Waals surface area contributed by atoms with Crippen LogP contribution in [0.15, 0.2) is 55.4 Å². The number of aryl methyl sites for hydroxylation is 2. The molecule has 10 nitrogen and oxygen atoms in total. The highest BCUT2D eigenvalue weighted by Crippen LogP contribution is 2.33. The van der Waals surface area contributed by atoms with Gasteiger partial charge in [0.05, 0.1) is 24.0 Å². The van der Waals surface area contributed by atoms with E-state index in [9.17, 15) is 9.59 Å². The van der Waals surface area contributed by atoms with Gasteiger partial charge in [-0.15, -0.1) is 0 Å². The molecule has 2 aliphatic heterocycles. The molecule has 0 saturated carbocycles. The number of hydrogen-bond donors (Lipinski definition) is 1. The quantitative estimate of drug-likeness (QED) is 0.554. The summed E-state index contributed by atoms with van der Waals surface area (Å²) in [6.07, 6.45) is 5.61. The zero-order valence-corrected chi connectivity index (χ0v) is 19.9. The second-order valence-corrected chi connectivity index (χ2v) is 8.89. The van der Waals surface area contributed by atoms with Crippen LogP contribution in [0.25, 0.3) is 0 Å². The van der Waals surface area contributed by atoms with E-state index in [4.69, 9.17) is 4.98 Å². The van der Waals surface area contributed by atoms with E-state index in [1.807, 2.05) is 50.5 Å². The lowest BCUT2D eigenvalue weighted by Crippen LogP contribution is -2.52. The summed E-state index contributed by atoms with van der Waals surface area (Å²) >= 11 is 0. The average Bonchev–Trinajstić information content (AvgIpc) is 3.46. The predicted molar refractivity (Wildman–Crippen MR) is 132 cm³/mol. The third-order valence-electron chi connectivity index (χ3n) is 6.40. The summed E-state index contributed by atoms with van der Waals surface area (Å²) < 4.78 is 1.72. The fourth-order valence-electron chi connectivity index (χ4n) is 4.68. The number of nitrogens with zero attached hydrogens (tertiary/aromatic N) is 7. The second-order valence-electron chi connectivity index (χ2n) is 8.89. The highest BCUT2D eigenvalue weighted by Gasteiger charge is 2.40. The highest BCUT2D eigenvalue weighted by molar-refractivity contribution is 5.95. The van der Waals surface area contributed by atoms with Gasteiger partial charge in [0.15, 0.2) is 0 Å². The molecule has 10 heteroatoms. The Morgan fingerprint density at radius 1 is 1.29 bits per heavy atom. The molecule has 3 amide bonds. The van der Waals surface area contributed by atoms with Crippen molar-refractivity contribution in [2.75, 3.05) is 23.3 Å². The Kier molecular flexibility index (Phi) is 5.94. The minimum absolute atomic E-state index is 0.124. The predicted octanol–water partition coefficient (Wildman–Crippen LogP) is 2.99. The minimum Gasteiger partial charge on any atom is -0.337 e. The lowest BCUT2D eigenvalue weighted by molar-refractivity contribution is -0.125. The number of rotatable bonds is 6. The van der Waals surface area contributed by atoms with E-state index in [-0.39, 0.29) is 18.0 Å². The Hall–Kier alpha value is -4.21. The summed E-state index contributed by atoms with van der Waals surface area (Å²) in [5.41, 5.74) is 3.54. The maximum atomic E-state index is 13.8. The Bertz CT molecular complexity index is 1270. The SMILES string of the molecule is C=CC(=O)N1CCC(N2C(=O)N(Cc3ccccc3)Cc3cnc(Nc4cn(C)nc4C)nc32)C1. The Morgan fingerprint density at radius 2 is 2.09 bits per heavy atom. The van der Waals surface area contributed by atoms with Crippen LogP contribution < -0.4 is 10.2 Å². The van der Waals surface area contributed by atoms with Gasteiger partial charge < -0.3 is 15.1 Å². The van der Waals surface area contributed by atoms with E-state index in [1.54, 1.807) is 25.6 Å². The van der Waals surface area contributed by atoms with E-state index in [0.29, 0.717) is 44.4 Å². The molecule has 0 radical (unpaired) electrons. The van der Waals surface area contributed by atoms with E-state index < -0.39 is 0 Å². The maximum absolute atomic E-state index is 13.8. The molecule has 0 aliphatic carbocycles. The first-order chi connectivity index (χ1) is 16.9. The number of urea groups is 1. The molecule has 1 N–H and O–H groups in total. The van der Waals surface area contributed by atoms with Gasteiger partial charge in [-0.2, -0.15) is 10.1 Å². The van der Waals surface area contributed by atoms with Gasteiger partial charge >= 0.3 is 6.03 Å². The van der Waals surface area contributed by atoms with Crippen LogP contribution in [0.4, 0.5) is 22.2 Å². The number of aromatic nitrogens is 4. The van der Waals surface area contributed by atoms with E-state index in [1.165, 1.54) is 6.08 Å². The van der Waals surface area contributed by atoms with Crippen LogP contribution in [0.3, 0.4) is 0 Å². The van der Waals surface area contributed by atoms with Crippen LogP contribution >= 0.6 is 0 Å². The number of nitrogens with one attached hydrogen (secondary N) is 1. The molecule has 0 bridgehead atoms. The molecular formula is C25H28N8O2. The highest BCUT2D eigenvalue weighted by atomic mass is 16.2. The summed E-state index contributed by atoms with van der Waals surface area (Å²) in [7, 11) is 1.85. The molecule has 3 aromatic rings. The Morgan fingerprint density at radius 3 is 2.80 bits per heavy atom. The third-order valence-corrected chi connectivity index (χ3v) is 6.40. The van der Waals surface area contributed by atoms with Gasteiger partial charge in [0.1, 0.15) is 5.82 Å². The first-order valence-electron chi connectivity index (χ1n) is 11.6. The smallest absolute Gasteiger partial charge is 0.326 e. The molecular weight excluding hydrogens is 444 g/mol. The third kappa shape index (κ3) is 4.46. The fourth-order valence-corrected chi connectivity index (χ4v) is 4.68. The van der Waals surface area contributed by atoms with Crippen LogP contribution in [0, 0.1) is 6.92 Å². The monoisotopic (exact) mass is 472 g/mol. The second kappa shape index (κ2) is 9.21. The number of benzene rings is 1. The van der Waals surface area contributed by atoms with Crippen molar-refractivity contribution in [2.45, 2.75) is 32.5 Å². The van der Waals surface area contributed by atoms with Gasteiger partial charge in [-0.25, -0.2) is 9.78 Å². The Labute approximate surface area is 203 Å². The van der Waals surface area contributed by atoms with E-state index in [0.717, 1.165) is 22.5 Å². The van der Waals surface area contributed by atoms with Crippen molar-refractivity contribution in [1.29, 1.82) is 0 Å². The average molecular weight is 473 g/mol. The van der Waals surface area contributed by atoms with Crippen LogP contribution in [-0.4, -0.2) is 60.6 Å². The van der Waals surface area contributed by atoms with Crippen LogP contribution in [0.2, 0.25) is 0 Å². The van der Waals surface area contributed by atoms with Crippen LogP contribution in [0.1, 0.15) is 23.2 Å². The molecule has 2 aliphatic rings. The lowest BCUT2D eigenvalue weighted by Gasteiger charge is -2.39. The number of hydrogen-bond acceptors (Lipinski definition) is 6. The van der Waals surface area contributed by atoms with Crippen LogP contribution in [0.5, 0.6) is 0 Å². The molecule has 1 fully saturated rings. The van der Waals surface area contributed by atoms with Gasteiger partial charge in [0.2, 0.25) is 11.9 Å². The number of anilines is 3. The Balaban J connectivity index is 1.48. The number of amides is 3. The number of fused-ring (bicyclic) bond motifs is 1. The first-order valence-corrected chi connectivity index (χ1v) is 11.6. The molecule has 35 heavy (non-hydrogen) atoms. The molecule has 4 heterocycles. The fraction of sp³-hybridized carbons (Fsp3) is 0.320. The summed E-state index contributed by atoms with van der Waals surface area (Å²) in [4.78, 5) is 40.5. The van der Waals surface area contributed by atoms with Crippen molar-refractivity contribution in [3.63, 3.8) is 0 Å². The van der Waals surface area contributed by atoms with Crippen LogP contribution in [-0.2, 0) is 24.9 Å². The topological polar surface area (TPSA) is 99.5 Å². The molecule has 1 aromatic carbocycles. The number of carbonyl (C=O) groups excluding carboxylic acids is 2. The van der Waals surface area contributed by atoms with Crippen molar-refractivity contribution in [3.05, 3.63) is 72.2 Å². The standard InChI is InChI=1S/C25H28N8O2/c1-4-22(34)31-11-10-20(15-31)33-23-19(14-32(25(33)35)13-18-8-6-5-7-9-18)12-26-24(28-23)27-21-16-30(3)29-17(21)2/h4-9,12,16,20H,1,10-11,13-15H2,2-3H3,(H,26,27,28). The number of likely N-dealkylation sites (tertiary alicyclic amines) is 1. The summed E-state index contributed by atoms with van der Waals surface area (Å²) in [5, 5.41) is 7.57. The minimum atomic E-state index is -0.188. The van der Waals surface area contributed by atoms with Gasteiger partial charge in [0.25, 0.3) is 0 Å². The molecule has 5 rings (SSSR count). The molecule has 1 saturated heterocycles. The molecule has 1 atom stereocenters.